The first-order valence-electron chi connectivity index (χ1n) is 9.07. The van der Waals surface area contributed by atoms with Crippen molar-refractivity contribution in [2.24, 2.45) is 5.92 Å². The van der Waals surface area contributed by atoms with Gasteiger partial charge in [0.15, 0.2) is 0 Å². The fraction of sp³-hybridized carbons (Fsp3) is 0.381. The summed E-state index contributed by atoms with van der Waals surface area (Å²) in [6, 6.07) is 15.0. The van der Waals surface area contributed by atoms with Gasteiger partial charge in [-0.25, -0.2) is 0 Å². The van der Waals surface area contributed by atoms with Crippen LogP contribution in [0.15, 0.2) is 48.5 Å². The van der Waals surface area contributed by atoms with Crippen molar-refractivity contribution in [1.29, 1.82) is 0 Å². The van der Waals surface area contributed by atoms with Gasteiger partial charge in [0.2, 0.25) is 0 Å². The maximum atomic E-state index is 13.0. The van der Waals surface area contributed by atoms with Gasteiger partial charge in [0.25, 0.3) is 5.91 Å². The predicted molar refractivity (Wildman–Crippen MR) is 112 cm³/mol. The zero-order valence-corrected chi connectivity index (χ0v) is 17.1. The zero-order chi connectivity index (χ0) is 18.4. The van der Waals surface area contributed by atoms with E-state index in [1.54, 1.807) is 0 Å². The maximum Gasteiger partial charge on any atom is 0.257 e. The molecule has 2 aromatic rings. The Morgan fingerprint density at radius 2 is 1.96 bits per heavy atom. The van der Waals surface area contributed by atoms with Crippen LogP contribution in [0.3, 0.4) is 0 Å². The zero-order valence-electron chi connectivity index (χ0n) is 15.5. The second-order valence-corrected chi connectivity index (χ2v) is 7.16. The number of likely N-dealkylation sites (tertiary alicyclic amines) is 1. The molecule has 0 saturated carbocycles. The molecule has 146 valence electrons. The molecule has 1 saturated heterocycles. The van der Waals surface area contributed by atoms with Gasteiger partial charge in [-0.2, -0.15) is 0 Å². The number of rotatable bonds is 6. The molecule has 4 nitrogen and oxygen atoms in total. The summed E-state index contributed by atoms with van der Waals surface area (Å²) in [7, 11) is 1.96. The topological polar surface area (TPSA) is 41.6 Å². The third kappa shape index (κ3) is 5.86. The molecule has 1 aliphatic heterocycles. The Labute approximate surface area is 172 Å². The molecule has 1 aliphatic rings. The first-order chi connectivity index (χ1) is 12.7. The van der Waals surface area contributed by atoms with Crippen molar-refractivity contribution in [2.45, 2.75) is 19.4 Å². The lowest BCUT2D eigenvalue weighted by Gasteiger charge is -2.33. The summed E-state index contributed by atoms with van der Waals surface area (Å²) in [5, 5.41) is 3.92. The van der Waals surface area contributed by atoms with E-state index in [9.17, 15) is 4.79 Å². The molecule has 1 N–H and O–H groups in total. The molecular weight excluding hydrogens is 383 g/mol. The van der Waals surface area contributed by atoms with Gasteiger partial charge in [0, 0.05) is 18.1 Å². The van der Waals surface area contributed by atoms with Gasteiger partial charge >= 0.3 is 0 Å². The summed E-state index contributed by atoms with van der Waals surface area (Å²) in [5.41, 5.74) is 1.65. The number of para-hydroxylation sites is 1. The van der Waals surface area contributed by atoms with E-state index < -0.39 is 0 Å². The lowest BCUT2D eigenvalue weighted by molar-refractivity contribution is 0.0669. The van der Waals surface area contributed by atoms with E-state index in [1.807, 2.05) is 60.5 Å². The largest absolute Gasteiger partial charge is 0.488 e. The summed E-state index contributed by atoms with van der Waals surface area (Å²) in [6.45, 7) is 2.96. The molecule has 6 heteroatoms. The second-order valence-electron chi connectivity index (χ2n) is 6.73. The van der Waals surface area contributed by atoms with Crippen LogP contribution < -0.4 is 10.1 Å². The van der Waals surface area contributed by atoms with Crippen molar-refractivity contribution in [3.63, 3.8) is 0 Å². The molecule has 27 heavy (non-hydrogen) atoms. The third-order valence-corrected chi connectivity index (χ3v) is 4.98. The highest BCUT2D eigenvalue weighted by molar-refractivity contribution is 6.30. The summed E-state index contributed by atoms with van der Waals surface area (Å²) >= 11 is 5.92. The minimum Gasteiger partial charge on any atom is -0.488 e. The summed E-state index contributed by atoms with van der Waals surface area (Å²) < 4.78 is 5.95. The average molecular weight is 409 g/mol. The van der Waals surface area contributed by atoms with Crippen LogP contribution in [0.1, 0.15) is 28.8 Å². The Bertz CT molecular complexity index is 735. The van der Waals surface area contributed by atoms with E-state index in [2.05, 4.69) is 5.32 Å². The molecule has 3 rings (SSSR count). The number of amides is 1. The Morgan fingerprint density at radius 3 is 2.70 bits per heavy atom. The van der Waals surface area contributed by atoms with Crippen LogP contribution in [0, 0.1) is 5.92 Å². The van der Waals surface area contributed by atoms with Crippen LogP contribution in [0.25, 0.3) is 0 Å². The Kier molecular flexibility index (Phi) is 8.42. The highest BCUT2D eigenvalue weighted by atomic mass is 35.5. The van der Waals surface area contributed by atoms with Crippen molar-refractivity contribution >= 4 is 29.9 Å². The van der Waals surface area contributed by atoms with E-state index in [-0.39, 0.29) is 18.3 Å². The van der Waals surface area contributed by atoms with E-state index in [0.29, 0.717) is 28.9 Å². The fourth-order valence-corrected chi connectivity index (χ4v) is 3.51. The lowest BCUT2D eigenvalue weighted by Crippen LogP contribution is -2.42. The number of halogens is 2. The number of benzene rings is 2. The van der Waals surface area contributed by atoms with Crippen molar-refractivity contribution in [2.75, 3.05) is 26.7 Å². The molecule has 1 heterocycles. The lowest BCUT2D eigenvalue weighted by atomic mass is 9.97. The van der Waals surface area contributed by atoms with Crippen LogP contribution in [-0.4, -0.2) is 37.5 Å². The van der Waals surface area contributed by atoms with Gasteiger partial charge in [0.1, 0.15) is 12.4 Å². The van der Waals surface area contributed by atoms with E-state index in [4.69, 9.17) is 16.3 Å². The quantitative estimate of drug-likeness (QED) is 0.769. The average Bonchev–Trinajstić information content (AvgIpc) is 2.68. The third-order valence-electron chi connectivity index (χ3n) is 4.72. The van der Waals surface area contributed by atoms with Crippen LogP contribution in [-0.2, 0) is 6.61 Å². The Balaban J connectivity index is 0.00000261. The van der Waals surface area contributed by atoms with Gasteiger partial charge in [-0.15, -0.1) is 12.4 Å². The molecular formula is C21H26Cl2N2O2. The molecule has 0 aliphatic carbocycles. The number of hydrogen-bond donors (Lipinski definition) is 1. The van der Waals surface area contributed by atoms with Crippen LogP contribution in [0.4, 0.5) is 0 Å². The smallest absolute Gasteiger partial charge is 0.257 e. The van der Waals surface area contributed by atoms with E-state index >= 15 is 0 Å². The Hall–Kier alpha value is -1.75. The number of nitrogens with zero attached hydrogens (tertiary/aromatic N) is 1. The molecule has 0 aromatic heterocycles. The van der Waals surface area contributed by atoms with E-state index in [1.165, 1.54) is 6.42 Å². The van der Waals surface area contributed by atoms with Gasteiger partial charge in [0.05, 0.1) is 5.56 Å². The molecule has 0 spiro atoms. The SMILES string of the molecule is CNCC1CCCN(C(=O)c2ccccc2OCc2ccc(Cl)cc2)C1.Cl. The number of piperidine rings is 1. The number of hydrogen-bond acceptors (Lipinski definition) is 3. The number of nitrogens with one attached hydrogen (secondary N) is 1. The Morgan fingerprint density at radius 1 is 1.22 bits per heavy atom. The first-order valence-corrected chi connectivity index (χ1v) is 9.45. The summed E-state index contributed by atoms with van der Waals surface area (Å²) in [6.07, 6.45) is 2.21. The van der Waals surface area contributed by atoms with Crippen molar-refractivity contribution in [3.8, 4) is 5.75 Å². The van der Waals surface area contributed by atoms with Gasteiger partial charge in [-0.05, 0) is 62.2 Å². The fourth-order valence-electron chi connectivity index (χ4n) is 3.39. The van der Waals surface area contributed by atoms with Crippen LogP contribution >= 0.6 is 24.0 Å². The van der Waals surface area contributed by atoms with Gasteiger partial charge in [-0.1, -0.05) is 35.9 Å². The predicted octanol–water partition coefficient (Wildman–Crippen LogP) is 4.41. The normalized spacial score (nSPS) is 16.5. The van der Waals surface area contributed by atoms with Crippen LogP contribution in [0.2, 0.25) is 5.02 Å². The first kappa shape index (κ1) is 21.5. The van der Waals surface area contributed by atoms with E-state index in [0.717, 1.165) is 31.6 Å². The molecule has 1 atom stereocenters. The minimum atomic E-state index is 0. The van der Waals surface area contributed by atoms with Crippen LogP contribution in [0.5, 0.6) is 5.75 Å². The monoisotopic (exact) mass is 408 g/mol. The molecule has 1 amide bonds. The maximum absolute atomic E-state index is 13.0. The van der Waals surface area contributed by atoms with Gasteiger partial charge in [-0.3, -0.25) is 4.79 Å². The molecule has 2 aromatic carbocycles. The van der Waals surface area contributed by atoms with Crippen molar-refractivity contribution < 1.29 is 9.53 Å². The molecule has 0 bridgehead atoms. The minimum absolute atomic E-state index is 0. The highest BCUT2D eigenvalue weighted by Crippen LogP contribution is 2.24. The standard InChI is InChI=1S/C21H25ClN2O2.ClH/c1-23-13-17-5-4-12-24(14-17)21(25)19-6-2-3-7-20(19)26-15-16-8-10-18(22)11-9-16;/h2-3,6-11,17,23H,4-5,12-15H2,1H3;1H. The van der Waals surface area contributed by atoms with Gasteiger partial charge < -0.3 is 15.0 Å². The number of carbonyl (C=O) groups excluding carboxylic acids is 1. The highest BCUT2D eigenvalue weighted by Gasteiger charge is 2.25. The summed E-state index contributed by atoms with van der Waals surface area (Å²) in [4.78, 5) is 15.0. The molecule has 0 radical (unpaired) electrons. The summed E-state index contributed by atoms with van der Waals surface area (Å²) in [5.74, 6) is 1.19. The van der Waals surface area contributed by atoms with Crippen molar-refractivity contribution in [3.05, 3.63) is 64.7 Å². The molecule has 1 unspecified atom stereocenters. The van der Waals surface area contributed by atoms with Crippen molar-refractivity contribution in [1.82, 2.24) is 10.2 Å². The number of carbonyl (C=O) groups is 1. The molecule has 1 fully saturated rings. The second kappa shape index (κ2) is 10.5. The number of ether oxygens (including phenoxy) is 1.